The van der Waals surface area contributed by atoms with Gasteiger partial charge in [-0.25, -0.2) is 0 Å². The molecule has 0 N–H and O–H groups in total. The van der Waals surface area contributed by atoms with E-state index >= 15 is 0 Å². The topological polar surface area (TPSA) is 26.3 Å². The number of hydrogen-bond acceptors (Lipinski definition) is 2. The van der Waals surface area contributed by atoms with Crippen molar-refractivity contribution in [2.24, 2.45) is 0 Å². The third-order valence-electron chi connectivity index (χ3n) is 1.93. The van der Waals surface area contributed by atoms with Crippen LogP contribution in [0.25, 0.3) is 0 Å². The highest BCUT2D eigenvalue weighted by molar-refractivity contribution is 6.32. The lowest BCUT2D eigenvalue weighted by Gasteiger charge is -2.08. The lowest BCUT2D eigenvalue weighted by atomic mass is 10.1. The van der Waals surface area contributed by atoms with E-state index in [9.17, 15) is 4.79 Å². The molecule has 1 aromatic rings. The molecule has 3 heteroatoms. The van der Waals surface area contributed by atoms with Crippen LogP contribution < -0.4 is 4.74 Å². The van der Waals surface area contributed by atoms with Gasteiger partial charge in [0.25, 0.3) is 0 Å². The fourth-order valence-electron chi connectivity index (χ4n) is 1.13. The van der Waals surface area contributed by atoms with Gasteiger partial charge in [-0.05, 0) is 30.7 Å². The number of carbonyl (C=O) groups is 1. The van der Waals surface area contributed by atoms with E-state index in [0.717, 1.165) is 5.56 Å². The summed E-state index contributed by atoms with van der Waals surface area (Å²) in [5, 5.41) is 0.552. The number of benzene rings is 1. The number of aryl methyl sites for hydroxylation is 1. The van der Waals surface area contributed by atoms with E-state index in [0.29, 0.717) is 16.3 Å². The Morgan fingerprint density at radius 1 is 1.57 bits per heavy atom. The monoisotopic (exact) mass is 210 g/mol. The van der Waals surface area contributed by atoms with E-state index in [1.54, 1.807) is 12.1 Å². The summed E-state index contributed by atoms with van der Waals surface area (Å²) in [6.07, 6.45) is 1.24. The smallest absolute Gasteiger partial charge is 0.189 e. The summed E-state index contributed by atoms with van der Waals surface area (Å²) in [6.45, 7) is 5.27. The van der Waals surface area contributed by atoms with Gasteiger partial charge in [0.1, 0.15) is 5.75 Å². The number of ketones is 1. The second-order valence-corrected chi connectivity index (χ2v) is 3.28. The van der Waals surface area contributed by atoms with Gasteiger partial charge in [-0.2, -0.15) is 0 Å². The second-order valence-electron chi connectivity index (χ2n) is 2.87. The van der Waals surface area contributed by atoms with Crippen LogP contribution in [0.2, 0.25) is 5.02 Å². The molecule has 0 unspecified atom stereocenters. The highest BCUT2D eigenvalue weighted by Gasteiger charge is 2.11. The standard InChI is InChI=1S/C11H11ClO2/c1-4-10(13)8-6-9(12)7(2)5-11(8)14-3/h4-6H,1H2,2-3H3. The third kappa shape index (κ3) is 1.96. The van der Waals surface area contributed by atoms with Crippen LogP contribution in [0.3, 0.4) is 0 Å². The van der Waals surface area contributed by atoms with E-state index in [2.05, 4.69) is 6.58 Å². The zero-order chi connectivity index (χ0) is 10.7. The Hall–Kier alpha value is -1.28. The Labute approximate surface area is 88.1 Å². The Bertz CT molecular complexity index is 383. The van der Waals surface area contributed by atoms with Crippen molar-refractivity contribution in [3.8, 4) is 5.75 Å². The molecule has 0 radical (unpaired) electrons. The summed E-state index contributed by atoms with van der Waals surface area (Å²) >= 11 is 5.90. The van der Waals surface area contributed by atoms with Gasteiger partial charge in [-0.1, -0.05) is 18.2 Å². The normalized spacial score (nSPS) is 9.64. The molecule has 14 heavy (non-hydrogen) atoms. The quantitative estimate of drug-likeness (QED) is 0.566. The van der Waals surface area contributed by atoms with Gasteiger partial charge >= 0.3 is 0 Å². The van der Waals surface area contributed by atoms with Gasteiger partial charge in [0, 0.05) is 5.02 Å². The van der Waals surface area contributed by atoms with Crippen molar-refractivity contribution in [2.45, 2.75) is 6.92 Å². The maximum Gasteiger partial charge on any atom is 0.189 e. The van der Waals surface area contributed by atoms with Gasteiger partial charge in [0.15, 0.2) is 5.78 Å². The van der Waals surface area contributed by atoms with Crippen LogP contribution in [0, 0.1) is 6.92 Å². The van der Waals surface area contributed by atoms with E-state index in [1.165, 1.54) is 13.2 Å². The Kier molecular flexibility index (Phi) is 3.31. The maximum absolute atomic E-state index is 11.4. The molecule has 0 aliphatic heterocycles. The van der Waals surface area contributed by atoms with E-state index in [4.69, 9.17) is 16.3 Å². The average Bonchev–Trinajstić information content (AvgIpc) is 2.20. The van der Waals surface area contributed by atoms with Crippen LogP contribution in [0.15, 0.2) is 24.8 Å². The zero-order valence-electron chi connectivity index (χ0n) is 8.13. The SMILES string of the molecule is C=CC(=O)c1cc(Cl)c(C)cc1OC. The molecule has 0 heterocycles. The molecular formula is C11H11ClO2. The third-order valence-corrected chi connectivity index (χ3v) is 2.34. The molecule has 0 spiro atoms. The molecule has 0 atom stereocenters. The molecule has 0 aliphatic rings. The van der Waals surface area contributed by atoms with Crippen molar-refractivity contribution in [1.82, 2.24) is 0 Å². The Morgan fingerprint density at radius 3 is 2.71 bits per heavy atom. The summed E-state index contributed by atoms with van der Waals surface area (Å²) in [5.41, 5.74) is 1.32. The van der Waals surface area contributed by atoms with Gasteiger partial charge in [-0.3, -0.25) is 4.79 Å². The molecule has 74 valence electrons. The second kappa shape index (κ2) is 4.29. The average molecular weight is 211 g/mol. The molecule has 0 amide bonds. The number of allylic oxidation sites excluding steroid dienone is 1. The lowest BCUT2D eigenvalue weighted by Crippen LogP contribution is -1.99. The van der Waals surface area contributed by atoms with E-state index in [1.807, 2.05) is 6.92 Å². The molecule has 0 fully saturated rings. The molecule has 2 nitrogen and oxygen atoms in total. The molecule has 0 saturated heterocycles. The zero-order valence-corrected chi connectivity index (χ0v) is 8.89. The predicted octanol–water partition coefficient (Wildman–Crippen LogP) is 3.03. The molecular weight excluding hydrogens is 200 g/mol. The summed E-state index contributed by atoms with van der Waals surface area (Å²) in [7, 11) is 1.52. The summed E-state index contributed by atoms with van der Waals surface area (Å²) < 4.78 is 5.08. The van der Waals surface area contributed by atoms with Gasteiger partial charge < -0.3 is 4.74 Å². The van der Waals surface area contributed by atoms with Gasteiger partial charge in [0.05, 0.1) is 12.7 Å². The first-order chi connectivity index (χ1) is 6.60. The molecule has 0 saturated carbocycles. The molecule has 1 rings (SSSR count). The van der Waals surface area contributed by atoms with Crippen LogP contribution in [0.1, 0.15) is 15.9 Å². The summed E-state index contributed by atoms with van der Waals surface area (Å²) in [6, 6.07) is 3.33. The number of rotatable bonds is 3. The van der Waals surface area contributed by atoms with Crippen molar-refractivity contribution in [2.75, 3.05) is 7.11 Å². The number of halogens is 1. The van der Waals surface area contributed by atoms with Crippen LogP contribution in [-0.4, -0.2) is 12.9 Å². The van der Waals surface area contributed by atoms with Crippen LogP contribution in [0.4, 0.5) is 0 Å². The minimum absolute atomic E-state index is 0.191. The van der Waals surface area contributed by atoms with Gasteiger partial charge in [0.2, 0.25) is 0 Å². The van der Waals surface area contributed by atoms with Crippen LogP contribution in [-0.2, 0) is 0 Å². The molecule has 0 aliphatic carbocycles. The first kappa shape index (κ1) is 10.8. The predicted molar refractivity (Wildman–Crippen MR) is 57.3 cm³/mol. The minimum Gasteiger partial charge on any atom is -0.496 e. The number of methoxy groups -OCH3 is 1. The van der Waals surface area contributed by atoms with E-state index in [-0.39, 0.29) is 5.78 Å². The van der Waals surface area contributed by atoms with Crippen molar-refractivity contribution in [3.05, 3.63) is 40.9 Å². The number of hydrogen-bond donors (Lipinski definition) is 0. The highest BCUT2D eigenvalue weighted by atomic mass is 35.5. The van der Waals surface area contributed by atoms with Gasteiger partial charge in [-0.15, -0.1) is 0 Å². The lowest BCUT2D eigenvalue weighted by molar-refractivity contribution is 0.104. The van der Waals surface area contributed by atoms with Crippen molar-refractivity contribution in [1.29, 1.82) is 0 Å². The highest BCUT2D eigenvalue weighted by Crippen LogP contribution is 2.26. The largest absolute Gasteiger partial charge is 0.496 e. The number of carbonyl (C=O) groups excluding carboxylic acids is 1. The fourth-order valence-corrected chi connectivity index (χ4v) is 1.29. The summed E-state index contributed by atoms with van der Waals surface area (Å²) in [4.78, 5) is 11.4. The fraction of sp³-hybridized carbons (Fsp3) is 0.182. The van der Waals surface area contributed by atoms with Crippen molar-refractivity contribution in [3.63, 3.8) is 0 Å². The van der Waals surface area contributed by atoms with Crippen molar-refractivity contribution >= 4 is 17.4 Å². The minimum atomic E-state index is -0.191. The van der Waals surface area contributed by atoms with E-state index < -0.39 is 0 Å². The molecule has 0 aromatic heterocycles. The Morgan fingerprint density at radius 2 is 2.21 bits per heavy atom. The maximum atomic E-state index is 11.4. The summed E-state index contributed by atoms with van der Waals surface area (Å²) in [5.74, 6) is 0.334. The van der Waals surface area contributed by atoms with Crippen molar-refractivity contribution < 1.29 is 9.53 Å². The first-order valence-corrected chi connectivity index (χ1v) is 4.49. The van der Waals surface area contributed by atoms with Crippen LogP contribution in [0.5, 0.6) is 5.75 Å². The van der Waals surface area contributed by atoms with Crippen LogP contribution >= 0.6 is 11.6 Å². The first-order valence-electron chi connectivity index (χ1n) is 4.11. The molecule has 0 bridgehead atoms. The Balaban J connectivity index is 3.33. The number of ether oxygens (including phenoxy) is 1. The molecule has 1 aromatic carbocycles.